The molecular weight excluding hydrogens is 358 g/mol. The number of carbonyl (C=O) groups is 1. The summed E-state index contributed by atoms with van der Waals surface area (Å²) in [5.41, 5.74) is -0.774. The van der Waals surface area contributed by atoms with Crippen LogP contribution in [0.25, 0.3) is 0 Å². The predicted molar refractivity (Wildman–Crippen MR) is 127 cm³/mol. The minimum absolute atomic E-state index is 0.119. The summed E-state index contributed by atoms with van der Waals surface area (Å²) in [5, 5.41) is 13.8. The molecule has 0 fully saturated rings. The van der Waals surface area contributed by atoms with Crippen molar-refractivity contribution in [2.24, 2.45) is 0 Å². The van der Waals surface area contributed by atoms with E-state index in [9.17, 15) is 9.90 Å². The van der Waals surface area contributed by atoms with Crippen molar-refractivity contribution in [3.05, 3.63) is 60.8 Å². The lowest BCUT2D eigenvalue weighted by Gasteiger charge is -2.28. The average molecular weight is 402 g/mol. The molecule has 3 heteroatoms. The third kappa shape index (κ3) is 17.9. The number of unbranched alkanes of at least 4 members (excludes halogenated alkanes) is 5. The molecule has 0 aromatic rings. The van der Waals surface area contributed by atoms with E-state index in [4.69, 9.17) is 0 Å². The van der Waals surface area contributed by atoms with Gasteiger partial charge in [-0.05, 0) is 38.7 Å². The van der Waals surface area contributed by atoms with Crippen molar-refractivity contribution in [3.63, 3.8) is 0 Å². The number of rotatable bonds is 17. The fourth-order valence-corrected chi connectivity index (χ4v) is 2.92. The molecular formula is C26H43NO2. The Balaban J connectivity index is 4.17. The third-order valence-electron chi connectivity index (χ3n) is 4.74. The number of nitrogens with one attached hydrogen (secondary N) is 1. The van der Waals surface area contributed by atoms with Gasteiger partial charge in [-0.25, -0.2) is 0 Å². The highest BCUT2D eigenvalue weighted by Crippen LogP contribution is 2.21. The smallest absolute Gasteiger partial charge is 0.243 e. The first-order chi connectivity index (χ1) is 14.1. The highest BCUT2D eigenvalue weighted by Gasteiger charge is 2.25. The molecule has 2 N–H and O–H groups in total. The van der Waals surface area contributed by atoms with E-state index in [1.807, 2.05) is 55.5 Å². The van der Waals surface area contributed by atoms with Crippen molar-refractivity contribution in [3.8, 4) is 0 Å². The lowest BCUT2D eigenvalue weighted by Crippen LogP contribution is -2.42. The van der Waals surface area contributed by atoms with Crippen LogP contribution in [0.5, 0.6) is 0 Å². The fourth-order valence-electron chi connectivity index (χ4n) is 2.92. The number of hydrogen-bond acceptors (Lipinski definition) is 2. The van der Waals surface area contributed by atoms with E-state index in [0.717, 1.165) is 51.4 Å². The molecule has 0 radical (unpaired) electrons. The van der Waals surface area contributed by atoms with E-state index in [1.165, 1.54) is 12.8 Å². The van der Waals surface area contributed by atoms with Gasteiger partial charge in [-0.2, -0.15) is 0 Å². The van der Waals surface area contributed by atoms with Gasteiger partial charge < -0.3 is 10.4 Å². The van der Waals surface area contributed by atoms with E-state index < -0.39 is 5.60 Å². The zero-order valence-corrected chi connectivity index (χ0v) is 18.9. The maximum Gasteiger partial charge on any atom is 0.243 e. The van der Waals surface area contributed by atoms with Crippen molar-refractivity contribution in [1.82, 2.24) is 5.32 Å². The standard InChI is InChI=1S/C26H43NO2/c1-4-7-10-12-13-14-15-16-17-18-19-21-25(28)27-24-26(29,22-9-6-3)23-20-11-8-5-2/h4,7,10,12-16,19,21,29H,5-6,8-9,11,17-18,20,22-24H2,1-3H3,(H,27,28). The van der Waals surface area contributed by atoms with E-state index in [0.29, 0.717) is 6.54 Å². The van der Waals surface area contributed by atoms with Crippen LogP contribution in [-0.4, -0.2) is 23.2 Å². The van der Waals surface area contributed by atoms with Crippen LogP contribution in [0.2, 0.25) is 0 Å². The van der Waals surface area contributed by atoms with Gasteiger partial charge in [0.25, 0.3) is 0 Å². The molecule has 3 nitrogen and oxygen atoms in total. The number of hydrogen-bond donors (Lipinski definition) is 2. The van der Waals surface area contributed by atoms with Crippen LogP contribution in [0.4, 0.5) is 0 Å². The summed E-state index contributed by atoms with van der Waals surface area (Å²) in [6.45, 7) is 6.65. The van der Waals surface area contributed by atoms with Crippen molar-refractivity contribution < 1.29 is 9.90 Å². The third-order valence-corrected chi connectivity index (χ3v) is 4.74. The molecule has 0 aliphatic rings. The number of carbonyl (C=O) groups excluding carboxylic acids is 1. The average Bonchev–Trinajstić information content (AvgIpc) is 2.72. The minimum Gasteiger partial charge on any atom is -0.388 e. The summed E-state index contributed by atoms with van der Waals surface area (Å²) in [6.07, 6.45) is 29.3. The molecule has 0 aromatic heterocycles. The quantitative estimate of drug-likeness (QED) is 0.164. The second kappa shape index (κ2) is 19.4. The van der Waals surface area contributed by atoms with Gasteiger partial charge in [0.1, 0.15) is 0 Å². The van der Waals surface area contributed by atoms with Crippen LogP contribution in [0.3, 0.4) is 0 Å². The van der Waals surface area contributed by atoms with Gasteiger partial charge in [0.2, 0.25) is 5.91 Å². The highest BCUT2D eigenvalue weighted by atomic mass is 16.3. The maximum absolute atomic E-state index is 12.0. The monoisotopic (exact) mass is 401 g/mol. The number of allylic oxidation sites excluding steroid dienone is 9. The highest BCUT2D eigenvalue weighted by molar-refractivity contribution is 5.87. The Kier molecular flexibility index (Phi) is 18.2. The first kappa shape index (κ1) is 27.1. The molecule has 29 heavy (non-hydrogen) atoms. The molecule has 0 aliphatic heterocycles. The summed E-state index contributed by atoms with van der Waals surface area (Å²) in [4.78, 5) is 12.0. The Morgan fingerprint density at radius 1 is 0.828 bits per heavy atom. The first-order valence-corrected chi connectivity index (χ1v) is 11.4. The molecule has 0 spiro atoms. The second-order valence-electron chi connectivity index (χ2n) is 7.56. The molecule has 0 aliphatic carbocycles. The van der Waals surface area contributed by atoms with E-state index in [2.05, 4.69) is 25.2 Å². The topological polar surface area (TPSA) is 49.3 Å². The van der Waals surface area contributed by atoms with Gasteiger partial charge in [0.05, 0.1) is 5.60 Å². The molecule has 0 bridgehead atoms. The van der Waals surface area contributed by atoms with Crippen LogP contribution in [-0.2, 0) is 4.79 Å². The van der Waals surface area contributed by atoms with Crippen LogP contribution in [0, 0.1) is 0 Å². The molecule has 1 unspecified atom stereocenters. The SMILES string of the molecule is CC=CC=CC=CC=CCCC=CC(=O)NCC(O)(CCCC)CCCCCC. The summed E-state index contributed by atoms with van der Waals surface area (Å²) < 4.78 is 0. The molecule has 0 saturated carbocycles. The van der Waals surface area contributed by atoms with Crippen molar-refractivity contribution in [1.29, 1.82) is 0 Å². The van der Waals surface area contributed by atoms with Crippen LogP contribution in [0.15, 0.2) is 60.8 Å². The van der Waals surface area contributed by atoms with Crippen molar-refractivity contribution in [2.45, 2.75) is 90.6 Å². The molecule has 0 rings (SSSR count). The van der Waals surface area contributed by atoms with Gasteiger partial charge >= 0.3 is 0 Å². The minimum atomic E-state index is -0.774. The molecule has 1 amide bonds. The van der Waals surface area contributed by atoms with Gasteiger partial charge in [-0.1, -0.05) is 107 Å². The number of aliphatic hydroxyl groups is 1. The fraction of sp³-hybridized carbons (Fsp3) is 0.577. The van der Waals surface area contributed by atoms with Gasteiger partial charge in [0.15, 0.2) is 0 Å². The molecule has 0 aromatic carbocycles. The van der Waals surface area contributed by atoms with E-state index in [-0.39, 0.29) is 5.91 Å². The van der Waals surface area contributed by atoms with Gasteiger partial charge in [0, 0.05) is 6.54 Å². The largest absolute Gasteiger partial charge is 0.388 e. The Morgan fingerprint density at radius 3 is 2.14 bits per heavy atom. The van der Waals surface area contributed by atoms with Crippen molar-refractivity contribution >= 4 is 5.91 Å². The first-order valence-electron chi connectivity index (χ1n) is 11.4. The molecule has 164 valence electrons. The lowest BCUT2D eigenvalue weighted by atomic mass is 9.90. The molecule has 0 heterocycles. The van der Waals surface area contributed by atoms with Crippen LogP contribution >= 0.6 is 0 Å². The van der Waals surface area contributed by atoms with E-state index in [1.54, 1.807) is 6.08 Å². The van der Waals surface area contributed by atoms with Gasteiger partial charge in [-0.3, -0.25) is 4.79 Å². The maximum atomic E-state index is 12.0. The Labute approximate surface area is 179 Å². The van der Waals surface area contributed by atoms with Crippen molar-refractivity contribution in [2.75, 3.05) is 6.54 Å². The molecule has 1 atom stereocenters. The Morgan fingerprint density at radius 2 is 1.45 bits per heavy atom. The van der Waals surface area contributed by atoms with E-state index >= 15 is 0 Å². The van der Waals surface area contributed by atoms with Crippen LogP contribution in [0.1, 0.15) is 85.0 Å². The Hall–Kier alpha value is -1.87. The summed E-state index contributed by atoms with van der Waals surface area (Å²) in [5.74, 6) is -0.119. The molecule has 0 saturated heterocycles. The summed E-state index contributed by atoms with van der Waals surface area (Å²) in [7, 11) is 0. The number of amides is 1. The zero-order valence-electron chi connectivity index (χ0n) is 18.9. The Bertz CT molecular complexity index is 543. The van der Waals surface area contributed by atoms with Gasteiger partial charge in [-0.15, -0.1) is 0 Å². The van der Waals surface area contributed by atoms with Crippen LogP contribution < -0.4 is 5.32 Å². The normalized spacial score (nSPS) is 14.8. The zero-order chi connectivity index (χ0) is 21.6. The summed E-state index contributed by atoms with van der Waals surface area (Å²) >= 11 is 0. The predicted octanol–water partition coefficient (Wildman–Crippen LogP) is 6.58. The lowest BCUT2D eigenvalue weighted by molar-refractivity contribution is -0.118. The second-order valence-corrected chi connectivity index (χ2v) is 7.56. The summed E-state index contributed by atoms with van der Waals surface area (Å²) in [6, 6.07) is 0.